The highest BCUT2D eigenvalue weighted by Gasteiger charge is 2.19. The molecule has 0 bridgehead atoms. The lowest BCUT2D eigenvalue weighted by Crippen LogP contribution is -2.36. The lowest BCUT2D eigenvalue weighted by Gasteiger charge is -2.30. The molecule has 0 spiro atoms. The topological polar surface area (TPSA) is 69.5 Å². The van der Waals surface area contributed by atoms with Crippen LogP contribution in [0.5, 0.6) is 5.75 Å². The molecule has 0 unspecified atom stereocenters. The van der Waals surface area contributed by atoms with Crippen molar-refractivity contribution in [2.45, 2.75) is 25.9 Å². The van der Waals surface area contributed by atoms with Crippen LogP contribution in [0, 0.1) is 12.7 Å². The normalized spacial score (nSPS) is 16.0. The molecule has 0 saturated carbocycles. The Bertz CT molecular complexity index is 685. The quantitative estimate of drug-likeness (QED) is 0.890. The minimum absolute atomic E-state index is 0.0689. The number of aliphatic hydroxyl groups is 1. The standard InChI is InChI=1S/C16H18FN3O2/c1-10-6-12(13(17)7-15(10)22)14-8-16(19-9-18-14)20-4-2-11(21)3-5-20/h6-9,11,21-22H,2-5H2,1H3. The minimum Gasteiger partial charge on any atom is -0.508 e. The molecule has 2 heterocycles. The van der Waals surface area contributed by atoms with Gasteiger partial charge in [0.05, 0.1) is 11.8 Å². The number of phenols is 1. The molecule has 6 heteroatoms. The number of phenolic OH excluding ortho intramolecular Hbond substituents is 1. The van der Waals surface area contributed by atoms with Crippen molar-refractivity contribution in [1.29, 1.82) is 0 Å². The van der Waals surface area contributed by atoms with Crippen molar-refractivity contribution in [3.8, 4) is 17.0 Å². The molecule has 1 aromatic carbocycles. The Morgan fingerprint density at radius 1 is 1.18 bits per heavy atom. The molecule has 3 rings (SSSR count). The van der Waals surface area contributed by atoms with Crippen molar-refractivity contribution in [3.63, 3.8) is 0 Å². The third-order valence-corrected chi connectivity index (χ3v) is 4.00. The molecular weight excluding hydrogens is 285 g/mol. The van der Waals surface area contributed by atoms with Gasteiger partial charge in [-0.15, -0.1) is 0 Å². The Morgan fingerprint density at radius 3 is 2.64 bits per heavy atom. The van der Waals surface area contributed by atoms with Gasteiger partial charge >= 0.3 is 0 Å². The first-order valence-corrected chi connectivity index (χ1v) is 7.29. The molecule has 0 aliphatic carbocycles. The van der Waals surface area contributed by atoms with Gasteiger partial charge < -0.3 is 15.1 Å². The number of piperidine rings is 1. The maximum Gasteiger partial charge on any atom is 0.136 e. The van der Waals surface area contributed by atoms with E-state index in [0.717, 1.165) is 11.9 Å². The Labute approximate surface area is 128 Å². The predicted octanol–water partition coefficient (Wildman–Crippen LogP) is 2.26. The number of hydrogen-bond donors (Lipinski definition) is 2. The molecule has 0 amide bonds. The number of aryl methyl sites for hydroxylation is 1. The second kappa shape index (κ2) is 5.88. The molecule has 1 saturated heterocycles. The summed E-state index contributed by atoms with van der Waals surface area (Å²) >= 11 is 0. The number of benzene rings is 1. The number of halogens is 1. The third kappa shape index (κ3) is 2.87. The van der Waals surface area contributed by atoms with E-state index < -0.39 is 5.82 Å². The van der Waals surface area contributed by atoms with E-state index in [9.17, 15) is 14.6 Å². The van der Waals surface area contributed by atoms with Crippen molar-refractivity contribution >= 4 is 5.82 Å². The smallest absolute Gasteiger partial charge is 0.136 e. The first kappa shape index (κ1) is 14.7. The summed E-state index contributed by atoms with van der Waals surface area (Å²) in [4.78, 5) is 10.4. The number of aromatic nitrogens is 2. The summed E-state index contributed by atoms with van der Waals surface area (Å²) in [5.74, 6) is 0.143. The molecule has 1 aliphatic rings. The fraction of sp³-hybridized carbons (Fsp3) is 0.375. The third-order valence-electron chi connectivity index (χ3n) is 4.00. The van der Waals surface area contributed by atoms with Crippen molar-refractivity contribution in [2.24, 2.45) is 0 Å². The van der Waals surface area contributed by atoms with E-state index in [-0.39, 0.29) is 11.9 Å². The zero-order valence-electron chi connectivity index (χ0n) is 12.3. The highest BCUT2D eigenvalue weighted by molar-refractivity contribution is 5.65. The van der Waals surface area contributed by atoms with Crippen LogP contribution in [0.25, 0.3) is 11.3 Å². The van der Waals surface area contributed by atoms with Crippen LogP contribution in [0.2, 0.25) is 0 Å². The van der Waals surface area contributed by atoms with E-state index >= 15 is 0 Å². The summed E-state index contributed by atoms with van der Waals surface area (Å²) in [5.41, 5.74) is 1.42. The summed E-state index contributed by atoms with van der Waals surface area (Å²) in [6.45, 7) is 3.15. The van der Waals surface area contributed by atoms with Gasteiger partial charge in [-0.05, 0) is 31.4 Å². The summed E-state index contributed by atoms with van der Waals surface area (Å²) in [6, 6.07) is 4.42. The van der Waals surface area contributed by atoms with Crippen molar-refractivity contribution in [2.75, 3.05) is 18.0 Å². The summed E-state index contributed by atoms with van der Waals surface area (Å²) in [5, 5.41) is 19.1. The first-order valence-electron chi connectivity index (χ1n) is 7.29. The molecule has 1 fully saturated rings. The first-order chi connectivity index (χ1) is 10.5. The fourth-order valence-electron chi connectivity index (χ4n) is 2.63. The molecule has 22 heavy (non-hydrogen) atoms. The molecule has 0 atom stereocenters. The zero-order valence-corrected chi connectivity index (χ0v) is 12.3. The monoisotopic (exact) mass is 303 g/mol. The van der Waals surface area contributed by atoms with E-state index in [0.29, 0.717) is 42.8 Å². The largest absolute Gasteiger partial charge is 0.508 e. The van der Waals surface area contributed by atoms with Gasteiger partial charge in [0.2, 0.25) is 0 Å². The van der Waals surface area contributed by atoms with Crippen LogP contribution in [-0.4, -0.2) is 39.4 Å². The van der Waals surface area contributed by atoms with Gasteiger partial charge in [0.25, 0.3) is 0 Å². The van der Waals surface area contributed by atoms with Crippen LogP contribution in [0.1, 0.15) is 18.4 Å². The maximum atomic E-state index is 14.1. The molecule has 2 N–H and O–H groups in total. The number of aliphatic hydroxyl groups excluding tert-OH is 1. The Hall–Kier alpha value is -2.21. The zero-order chi connectivity index (χ0) is 15.7. The minimum atomic E-state index is -0.512. The van der Waals surface area contributed by atoms with Crippen LogP contribution in [0.15, 0.2) is 24.5 Å². The molecule has 1 aliphatic heterocycles. The summed E-state index contributed by atoms with van der Waals surface area (Å²) < 4.78 is 14.1. The van der Waals surface area contributed by atoms with Crippen LogP contribution >= 0.6 is 0 Å². The van der Waals surface area contributed by atoms with Gasteiger partial charge in [-0.2, -0.15) is 0 Å². The summed E-state index contributed by atoms with van der Waals surface area (Å²) in [7, 11) is 0. The average molecular weight is 303 g/mol. The van der Waals surface area contributed by atoms with Gasteiger partial charge in [0, 0.05) is 30.8 Å². The van der Waals surface area contributed by atoms with E-state index in [1.807, 2.05) is 0 Å². The Balaban J connectivity index is 1.93. The van der Waals surface area contributed by atoms with Crippen LogP contribution in [0.3, 0.4) is 0 Å². The molecule has 5 nitrogen and oxygen atoms in total. The lowest BCUT2D eigenvalue weighted by atomic mass is 10.1. The molecule has 0 radical (unpaired) electrons. The molecule has 2 aromatic rings. The van der Waals surface area contributed by atoms with E-state index in [2.05, 4.69) is 14.9 Å². The Morgan fingerprint density at radius 2 is 1.91 bits per heavy atom. The summed E-state index contributed by atoms with van der Waals surface area (Å²) in [6.07, 6.45) is 2.56. The highest BCUT2D eigenvalue weighted by Crippen LogP contribution is 2.29. The van der Waals surface area contributed by atoms with E-state index in [4.69, 9.17) is 0 Å². The van der Waals surface area contributed by atoms with E-state index in [1.165, 1.54) is 6.33 Å². The van der Waals surface area contributed by atoms with Gasteiger partial charge in [-0.3, -0.25) is 0 Å². The number of hydrogen-bond acceptors (Lipinski definition) is 5. The molecule has 1 aromatic heterocycles. The van der Waals surface area contributed by atoms with Crippen molar-refractivity contribution in [1.82, 2.24) is 9.97 Å². The number of anilines is 1. The van der Waals surface area contributed by atoms with Crippen molar-refractivity contribution in [3.05, 3.63) is 35.9 Å². The Kier molecular flexibility index (Phi) is 3.94. The van der Waals surface area contributed by atoms with Crippen molar-refractivity contribution < 1.29 is 14.6 Å². The van der Waals surface area contributed by atoms with Gasteiger partial charge in [0.15, 0.2) is 0 Å². The predicted molar refractivity (Wildman–Crippen MR) is 81.3 cm³/mol. The fourth-order valence-corrected chi connectivity index (χ4v) is 2.63. The molecule has 116 valence electrons. The van der Waals surface area contributed by atoms with Crippen LogP contribution in [0.4, 0.5) is 10.2 Å². The van der Waals surface area contributed by atoms with Gasteiger partial charge in [0.1, 0.15) is 23.7 Å². The maximum absolute atomic E-state index is 14.1. The van der Waals surface area contributed by atoms with Gasteiger partial charge in [-0.25, -0.2) is 14.4 Å². The highest BCUT2D eigenvalue weighted by atomic mass is 19.1. The second-order valence-corrected chi connectivity index (χ2v) is 5.60. The number of nitrogens with zero attached hydrogens (tertiary/aromatic N) is 3. The van der Waals surface area contributed by atoms with Crippen LogP contribution in [-0.2, 0) is 0 Å². The molecular formula is C16H18FN3O2. The van der Waals surface area contributed by atoms with Crippen LogP contribution < -0.4 is 4.90 Å². The SMILES string of the molecule is Cc1cc(-c2cc(N3CCC(O)CC3)ncn2)c(F)cc1O. The number of aromatic hydroxyl groups is 1. The van der Waals surface area contributed by atoms with E-state index in [1.54, 1.807) is 19.1 Å². The number of rotatable bonds is 2. The van der Waals surface area contributed by atoms with Gasteiger partial charge in [-0.1, -0.05) is 0 Å². The average Bonchev–Trinajstić information content (AvgIpc) is 2.52. The lowest BCUT2D eigenvalue weighted by molar-refractivity contribution is 0.145. The second-order valence-electron chi connectivity index (χ2n) is 5.60.